The fourth-order valence-electron chi connectivity index (χ4n) is 3.06. The van der Waals surface area contributed by atoms with Crippen LogP contribution in [0.3, 0.4) is 0 Å². The first-order chi connectivity index (χ1) is 11.5. The van der Waals surface area contributed by atoms with Crippen molar-refractivity contribution in [1.29, 1.82) is 0 Å². The molecule has 8 heteroatoms. The molecule has 1 amide bonds. The van der Waals surface area contributed by atoms with Gasteiger partial charge in [0.1, 0.15) is 6.54 Å². The third-order valence-corrected chi connectivity index (χ3v) is 5.16. The summed E-state index contributed by atoms with van der Waals surface area (Å²) in [7, 11) is 0. The van der Waals surface area contributed by atoms with Crippen molar-refractivity contribution in [3.05, 3.63) is 51.3 Å². The van der Waals surface area contributed by atoms with Crippen LogP contribution in [0.1, 0.15) is 23.0 Å². The molecule has 1 atom stereocenters. The summed E-state index contributed by atoms with van der Waals surface area (Å²) in [5, 5.41) is 9.00. The topological polar surface area (TPSA) is 50.2 Å². The Morgan fingerprint density at radius 2 is 2.12 bits per heavy atom. The first-order valence-electron chi connectivity index (χ1n) is 7.92. The summed E-state index contributed by atoms with van der Waals surface area (Å²) in [4.78, 5) is 14.8. The van der Waals surface area contributed by atoms with E-state index in [1.165, 1.54) is 0 Å². The Bertz CT molecular complexity index is 762. The van der Waals surface area contributed by atoms with E-state index < -0.39 is 0 Å². The van der Waals surface area contributed by atoms with Crippen LogP contribution in [-0.2, 0) is 11.3 Å². The number of benzene rings is 1. The van der Waals surface area contributed by atoms with Crippen LogP contribution in [0.15, 0.2) is 24.3 Å². The van der Waals surface area contributed by atoms with Gasteiger partial charge in [0.05, 0.1) is 22.5 Å². The molecule has 2 heterocycles. The van der Waals surface area contributed by atoms with Gasteiger partial charge < -0.3 is 10.2 Å². The lowest BCUT2D eigenvalue weighted by atomic mass is 10.0. The van der Waals surface area contributed by atoms with E-state index >= 15 is 0 Å². The maximum atomic E-state index is 12.9. The molecule has 1 N–H and O–H groups in total. The van der Waals surface area contributed by atoms with E-state index in [1.54, 1.807) is 4.68 Å². The lowest BCUT2D eigenvalue weighted by Gasteiger charge is -2.36. The van der Waals surface area contributed by atoms with Gasteiger partial charge in [0.15, 0.2) is 0 Å². The van der Waals surface area contributed by atoms with E-state index in [9.17, 15) is 4.79 Å². The largest absolute Gasteiger partial charge is 0.331 e. The predicted molar refractivity (Wildman–Crippen MR) is 103 cm³/mol. The van der Waals surface area contributed by atoms with Crippen molar-refractivity contribution in [2.24, 2.45) is 0 Å². The second kappa shape index (κ2) is 8.41. The van der Waals surface area contributed by atoms with Crippen LogP contribution in [-0.4, -0.2) is 40.2 Å². The minimum absolute atomic E-state index is 0. The molecular weight excluding hydrogens is 383 g/mol. The number of rotatable bonds is 3. The minimum atomic E-state index is -0.0302. The fraction of sp³-hybridized carbons (Fsp3) is 0.412. The van der Waals surface area contributed by atoms with Gasteiger partial charge in [-0.3, -0.25) is 9.48 Å². The standard InChI is InChI=1S/C17H20Cl2N4O.ClH/c1-11-17(19)12(2)23(21-11)10-16(24)22-7-6-20-9-15(22)13-4-3-5-14(18)8-13;/h3-5,8,15,20H,6-7,9-10H2,1-2H3;1H. The highest BCUT2D eigenvalue weighted by Gasteiger charge is 2.28. The summed E-state index contributed by atoms with van der Waals surface area (Å²) >= 11 is 12.3. The van der Waals surface area contributed by atoms with E-state index in [-0.39, 0.29) is 30.9 Å². The Morgan fingerprint density at radius 3 is 2.76 bits per heavy atom. The van der Waals surface area contributed by atoms with E-state index in [1.807, 2.05) is 43.0 Å². The van der Waals surface area contributed by atoms with Crippen LogP contribution < -0.4 is 5.32 Å². The zero-order valence-corrected chi connectivity index (χ0v) is 16.5. The SMILES string of the molecule is Cc1nn(CC(=O)N2CCNCC2c2cccc(Cl)c2)c(C)c1Cl.Cl. The van der Waals surface area contributed by atoms with Gasteiger partial charge in [-0.05, 0) is 31.5 Å². The Labute approximate surface area is 163 Å². The van der Waals surface area contributed by atoms with Gasteiger partial charge in [0.2, 0.25) is 5.91 Å². The molecule has 0 radical (unpaired) electrons. The molecule has 2 aromatic rings. The first-order valence-corrected chi connectivity index (χ1v) is 8.68. The number of aryl methyl sites for hydroxylation is 1. The summed E-state index contributed by atoms with van der Waals surface area (Å²) in [6.07, 6.45) is 0. The zero-order chi connectivity index (χ0) is 17.3. The van der Waals surface area contributed by atoms with Crippen molar-refractivity contribution in [2.75, 3.05) is 19.6 Å². The molecule has 1 aromatic carbocycles. The summed E-state index contributed by atoms with van der Waals surface area (Å²) in [5.41, 5.74) is 2.60. The van der Waals surface area contributed by atoms with Crippen LogP contribution in [0.2, 0.25) is 10.0 Å². The van der Waals surface area contributed by atoms with Crippen molar-refractivity contribution >= 4 is 41.5 Å². The number of carbonyl (C=O) groups excluding carboxylic acids is 1. The number of amides is 1. The second-order valence-electron chi connectivity index (χ2n) is 6.00. The number of carbonyl (C=O) groups is 1. The van der Waals surface area contributed by atoms with Gasteiger partial charge in [0.25, 0.3) is 0 Å². The fourth-order valence-corrected chi connectivity index (χ4v) is 3.40. The van der Waals surface area contributed by atoms with E-state index in [0.717, 1.165) is 23.5 Å². The number of hydrogen-bond donors (Lipinski definition) is 1. The van der Waals surface area contributed by atoms with Crippen LogP contribution in [0.5, 0.6) is 0 Å². The molecule has 1 saturated heterocycles. The Morgan fingerprint density at radius 1 is 1.36 bits per heavy atom. The average Bonchev–Trinajstić information content (AvgIpc) is 2.82. The predicted octanol–water partition coefficient (Wildman–Crippen LogP) is 3.40. The monoisotopic (exact) mass is 402 g/mol. The molecule has 0 saturated carbocycles. The third-order valence-electron chi connectivity index (χ3n) is 4.38. The molecule has 25 heavy (non-hydrogen) atoms. The van der Waals surface area contributed by atoms with E-state index in [2.05, 4.69) is 10.4 Å². The van der Waals surface area contributed by atoms with Crippen molar-refractivity contribution in [3.8, 4) is 0 Å². The quantitative estimate of drug-likeness (QED) is 0.854. The van der Waals surface area contributed by atoms with Gasteiger partial charge in [-0.2, -0.15) is 5.10 Å². The molecule has 1 unspecified atom stereocenters. The first kappa shape index (κ1) is 20.0. The number of aromatic nitrogens is 2. The molecule has 136 valence electrons. The molecule has 1 aromatic heterocycles. The van der Waals surface area contributed by atoms with Gasteiger partial charge in [0, 0.05) is 24.7 Å². The minimum Gasteiger partial charge on any atom is -0.331 e. The highest BCUT2D eigenvalue weighted by atomic mass is 35.5. The summed E-state index contributed by atoms with van der Waals surface area (Å²) in [5.74, 6) is 0.0312. The molecule has 1 fully saturated rings. The smallest absolute Gasteiger partial charge is 0.244 e. The molecule has 5 nitrogen and oxygen atoms in total. The highest BCUT2D eigenvalue weighted by molar-refractivity contribution is 6.31. The molecule has 0 spiro atoms. The van der Waals surface area contributed by atoms with Crippen LogP contribution in [0.25, 0.3) is 0 Å². The lowest BCUT2D eigenvalue weighted by molar-refractivity contribution is -0.135. The van der Waals surface area contributed by atoms with Crippen molar-refractivity contribution in [2.45, 2.75) is 26.4 Å². The Kier molecular flexibility index (Phi) is 6.74. The Hall–Kier alpha value is -1.27. The number of halogens is 3. The van der Waals surface area contributed by atoms with Crippen molar-refractivity contribution < 1.29 is 4.79 Å². The molecule has 0 aliphatic carbocycles. The molecule has 3 rings (SSSR count). The van der Waals surface area contributed by atoms with E-state index in [0.29, 0.717) is 23.1 Å². The lowest BCUT2D eigenvalue weighted by Crippen LogP contribution is -2.49. The number of hydrogen-bond acceptors (Lipinski definition) is 3. The highest BCUT2D eigenvalue weighted by Crippen LogP contribution is 2.25. The number of nitrogens with one attached hydrogen (secondary N) is 1. The molecular formula is C17H21Cl3N4O. The number of piperazine rings is 1. The van der Waals surface area contributed by atoms with Crippen molar-refractivity contribution in [1.82, 2.24) is 20.0 Å². The normalized spacial score (nSPS) is 17.3. The van der Waals surface area contributed by atoms with Gasteiger partial charge in [-0.1, -0.05) is 35.3 Å². The third kappa shape index (κ3) is 4.29. The molecule has 1 aliphatic rings. The van der Waals surface area contributed by atoms with Crippen LogP contribution in [0.4, 0.5) is 0 Å². The average molecular weight is 404 g/mol. The summed E-state index contributed by atoms with van der Waals surface area (Å²) in [6.45, 7) is 6.06. The number of nitrogens with zero attached hydrogens (tertiary/aromatic N) is 3. The van der Waals surface area contributed by atoms with Crippen LogP contribution in [0, 0.1) is 13.8 Å². The summed E-state index contributed by atoms with van der Waals surface area (Å²) in [6, 6.07) is 7.64. The second-order valence-corrected chi connectivity index (χ2v) is 6.82. The Balaban J connectivity index is 0.00000225. The van der Waals surface area contributed by atoms with Gasteiger partial charge in [-0.25, -0.2) is 0 Å². The maximum absolute atomic E-state index is 12.9. The van der Waals surface area contributed by atoms with E-state index in [4.69, 9.17) is 23.2 Å². The van der Waals surface area contributed by atoms with Gasteiger partial charge in [-0.15, -0.1) is 12.4 Å². The van der Waals surface area contributed by atoms with Crippen molar-refractivity contribution in [3.63, 3.8) is 0 Å². The maximum Gasteiger partial charge on any atom is 0.244 e. The summed E-state index contributed by atoms with van der Waals surface area (Å²) < 4.78 is 1.68. The van der Waals surface area contributed by atoms with Gasteiger partial charge >= 0.3 is 0 Å². The molecule has 1 aliphatic heterocycles. The molecule has 0 bridgehead atoms. The zero-order valence-electron chi connectivity index (χ0n) is 14.1. The van der Waals surface area contributed by atoms with Crippen LogP contribution >= 0.6 is 35.6 Å².